The Morgan fingerprint density at radius 3 is 2.73 bits per heavy atom. The van der Waals surface area contributed by atoms with Crippen LogP contribution in [0.25, 0.3) is 10.9 Å². The van der Waals surface area contributed by atoms with Gasteiger partial charge in [0.15, 0.2) is 9.84 Å². The largest absolute Gasteiger partial charge is 0.456 e. The Kier molecular flexibility index (Phi) is 3.56. The van der Waals surface area contributed by atoms with Crippen LogP contribution in [0.1, 0.15) is 25.1 Å². The van der Waals surface area contributed by atoms with E-state index in [1.807, 2.05) is 0 Å². The van der Waals surface area contributed by atoms with E-state index in [0.29, 0.717) is 34.0 Å². The van der Waals surface area contributed by atoms with Crippen molar-refractivity contribution >= 4 is 42.6 Å². The molecule has 0 saturated carbocycles. The van der Waals surface area contributed by atoms with Crippen molar-refractivity contribution in [3.8, 4) is 0 Å². The molecule has 8 heteroatoms. The molecule has 1 unspecified atom stereocenters. The van der Waals surface area contributed by atoms with Crippen molar-refractivity contribution in [1.82, 2.24) is 4.57 Å². The second kappa shape index (κ2) is 5.06. The van der Waals surface area contributed by atoms with Crippen LogP contribution in [0.15, 0.2) is 21.5 Å². The quantitative estimate of drug-likeness (QED) is 0.740. The summed E-state index contributed by atoms with van der Waals surface area (Å²) < 4.78 is 45.3. The first-order valence-electron chi connectivity index (χ1n) is 6.58. The summed E-state index contributed by atoms with van der Waals surface area (Å²) in [6, 6.07) is 2.31. The Morgan fingerprint density at radius 1 is 1.45 bits per heavy atom. The number of halogens is 2. The highest BCUT2D eigenvalue weighted by atomic mass is 79.9. The van der Waals surface area contributed by atoms with Gasteiger partial charge in [-0.25, -0.2) is 12.8 Å². The van der Waals surface area contributed by atoms with E-state index in [4.69, 9.17) is 4.74 Å². The van der Waals surface area contributed by atoms with Crippen molar-refractivity contribution in [3.63, 3.8) is 0 Å². The SMILES string of the molecule is CC(=O)OC1CCn2c1c(Br)c1c(S(C)(=O)=O)cc(F)cc12. The van der Waals surface area contributed by atoms with Crippen LogP contribution >= 0.6 is 15.9 Å². The summed E-state index contributed by atoms with van der Waals surface area (Å²) in [5, 5.41) is 0.427. The molecule has 22 heavy (non-hydrogen) atoms. The van der Waals surface area contributed by atoms with Crippen LogP contribution in [0, 0.1) is 5.82 Å². The number of nitrogens with zero attached hydrogens (tertiary/aromatic N) is 1. The highest BCUT2D eigenvalue weighted by Crippen LogP contribution is 2.44. The third-order valence-electron chi connectivity index (χ3n) is 3.70. The predicted octanol–water partition coefficient (Wildman–Crippen LogP) is 2.95. The second-order valence-electron chi connectivity index (χ2n) is 5.31. The minimum Gasteiger partial charge on any atom is -0.456 e. The van der Waals surface area contributed by atoms with E-state index < -0.39 is 27.7 Å². The van der Waals surface area contributed by atoms with Crippen LogP contribution in [0.2, 0.25) is 0 Å². The molecule has 0 bridgehead atoms. The number of hydrogen-bond acceptors (Lipinski definition) is 4. The van der Waals surface area contributed by atoms with Crippen LogP contribution in [-0.2, 0) is 25.9 Å². The summed E-state index contributed by atoms with van der Waals surface area (Å²) in [4.78, 5) is 11.1. The number of hydrogen-bond donors (Lipinski definition) is 0. The first-order valence-corrected chi connectivity index (χ1v) is 9.27. The minimum atomic E-state index is -3.59. The summed E-state index contributed by atoms with van der Waals surface area (Å²) in [6.45, 7) is 1.85. The molecule has 0 fully saturated rings. The average Bonchev–Trinajstić information content (AvgIpc) is 2.89. The zero-order valence-corrected chi connectivity index (χ0v) is 14.3. The molecule has 2 heterocycles. The Morgan fingerprint density at radius 2 is 2.14 bits per heavy atom. The van der Waals surface area contributed by atoms with E-state index in [-0.39, 0.29) is 4.90 Å². The van der Waals surface area contributed by atoms with Crippen LogP contribution in [0.4, 0.5) is 4.39 Å². The molecule has 0 N–H and O–H groups in total. The fourth-order valence-corrected chi connectivity index (χ4v) is 4.85. The van der Waals surface area contributed by atoms with Crippen LogP contribution in [0.3, 0.4) is 0 Å². The predicted molar refractivity (Wildman–Crippen MR) is 81.8 cm³/mol. The molecule has 0 amide bonds. The number of ether oxygens (including phenoxy) is 1. The lowest BCUT2D eigenvalue weighted by Crippen LogP contribution is -2.05. The summed E-state index contributed by atoms with van der Waals surface area (Å²) in [5.74, 6) is -1.03. The second-order valence-corrected chi connectivity index (χ2v) is 8.08. The van der Waals surface area contributed by atoms with Crippen molar-refractivity contribution in [3.05, 3.63) is 28.1 Å². The van der Waals surface area contributed by atoms with Crippen LogP contribution in [0.5, 0.6) is 0 Å². The van der Waals surface area contributed by atoms with Crippen molar-refractivity contribution in [2.45, 2.75) is 30.9 Å². The molecular weight excluding hydrogens is 377 g/mol. The van der Waals surface area contributed by atoms with Gasteiger partial charge in [-0.3, -0.25) is 4.79 Å². The van der Waals surface area contributed by atoms with Gasteiger partial charge in [0.25, 0.3) is 0 Å². The third-order valence-corrected chi connectivity index (χ3v) is 5.62. The van der Waals surface area contributed by atoms with Crippen molar-refractivity contribution in [2.75, 3.05) is 6.26 Å². The van der Waals surface area contributed by atoms with Gasteiger partial charge in [-0.1, -0.05) is 0 Å². The summed E-state index contributed by atoms with van der Waals surface area (Å²) in [6.07, 6.45) is 1.16. The molecule has 0 aliphatic carbocycles. The lowest BCUT2D eigenvalue weighted by molar-refractivity contribution is -0.146. The van der Waals surface area contributed by atoms with Crippen LogP contribution < -0.4 is 0 Å². The number of esters is 1. The van der Waals surface area contributed by atoms with E-state index in [9.17, 15) is 17.6 Å². The fraction of sp³-hybridized carbons (Fsp3) is 0.357. The van der Waals surface area contributed by atoms with Gasteiger partial charge in [-0.2, -0.15) is 0 Å². The lowest BCUT2D eigenvalue weighted by Gasteiger charge is -2.10. The molecule has 5 nitrogen and oxygen atoms in total. The lowest BCUT2D eigenvalue weighted by atomic mass is 10.2. The number of fused-ring (bicyclic) bond motifs is 3. The standard InChI is InChI=1S/C14H13BrFNO4S/c1-7(18)21-10-3-4-17-9-5-8(16)6-11(22(2,19)20)12(9)13(15)14(10)17/h5-6,10H,3-4H2,1-2H3. The van der Waals surface area contributed by atoms with Gasteiger partial charge in [-0.15, -0.1) is 0 Å². The molecule has 1 aromatic carbocycles. The maximum atomic E-state index is 13.8. The molecule has 3 rings (SSSR count). The molecule has 0 radical (unpaired) electrons. The molecule has 1 aliphatic heterocycles. The number of aromatic nitrogens is 1. The Balaban J connectivity index is 2.35. The normalized spacial score (nSPS) is 17.7. The van der Waals surface area contributed by atoms with Crippen LogP contribution in [-0.4, -0.2) is 25.2 Å². The number of benzene rings is 1. The highest BCUT2D eigenvalue weighted by Gasteiger charge is 2.33. The summed E-state index contributed by atoms with van der Waals surface area (Å²) in [5.41, 5.74) is 1.15. The minimum absolute atomic E-state index is 0.0714. The first-order chi connectivity index (χ1) is 10.2. The molecule has 1 atom stereocenters. The Labute approximate surface area is 135 Å². The summed E-state index contributed by atoms with van der Waals surface area (Å²) >= 11 is 3.40. The van der Waals surface area contributed by atoms with Gasteiger partial charge in [0.05, 0.1) is 20.6 Å². The fourth-order valence-electron chi connectivity index (χ4n) is 2.92. The van der Waals surface area contributed by atoms with Gasteiger partial charge >= 0.3 is 5.97 Å². The molecule has 0 saturated heterocycles. The molecular formula is C14H13BrFNO4S. The van der Waals surface area contributed by atoms with E-state index in [1.165, 1.54) is 13.0 Å². The molecule has 1 aromatic heterocycles. The molecule has 1 aliphatic rings. The van der Waals surface area contributed by atoms with Gasteiger partial charge < -0.3 is 9.30 Å². The van der Waals surface area contributed by atoms with Crippen molar-refractivity contribution < 1.29 is 22.3 Å². The maximum Gasteiger partial charge on any atom is 0.303 e. The first kappa shape index (κ1) is 15.5. The third kappa shape index (κ3) is 2.34. The van der Waals surface area contributed by atoms with E-state index in [0.717, 1.165) is 12.3 Å². The number of carbonyl (C=O) groups is 1. The zero-order valence-electron chi connectivity index (χ0n) is 11.9. The van der Waals surface area contributed by atoms with Crippen molar-refractivity contribution in [2.24, 2.45) is 0 Å². The monoisotopic (exact) mass is 389 g/mol. The Bertz CT molecular complexity index is 903. The highest BCUT2D eigenvalue weighted by molar-refractivity contribution is 9.10. The topological polar surface area (TPSA) is 65.4 Å². The smallest absolute Gasteiger partial charge is 0.303 e. The number of carbonyl (C=O) groups excluding carboxylic acids is 1. The maximum absolute atomic E-state index is 13.8. The van der Waals surface area contributed by atoms with E-state index in [2.05, 4.69) is 15.9 Å². The van der Waals surface area contributed by atoms with E-state index in [1.54, 1.807) is 4.57 Å². The molecule has 2 aromatic rings. The molecule has 0 spiro atoms. The van der Waals surface area contributed by atoms with Crippen molar-refractivity contribution in [1.29, 1.82) is 0 Å². The Hall–Kier alpha value is -1.41. The number of rotatable bonds is 2. The van der Waals surface area contributed by atoms with E-state index >= 15 is 0 Å². The summed E-state index contributed by atoms with van der Waals surface area (Å²) in [7, 11) is -3.59. The zero-order chi connectivity index (χ0) is 16.2. The van der Waals surface area contributed by atoms with Gasteiger partial charge in [-0.05, 0) is 28.1 Å². The van der Waals surface area contributed by atoms with Gasteiger partial charge in [0.1, 0.15) is 11.9 Å². The van der Waals surface area contributed by atoms with Gasteiger partial charge in [0, 0.05) is 31.5 Å². The number of aryl methyl sites for hydroxylation is 1. The average molecular weight is 390 g/mol. The number of sulfone groups is 1. The molecule has 118 valence electrons. The van der Waals surface area contributed by atoms with Gasteiger partial charge in [0.2, 0.25) is 0 Å².